The number of nitrogens with zero attached hydrogens (tertiary/aromatic N) is 1. The first-order chi connectivity index (χ1) is 19.9. The zero-order valence-electron chi connectivity index (χ0n) is 22.4. The molecule has 3 rings (SSSR count). The third-order valence-electron chi connectivity index (χ3n) is 5.95. The molecule has 0 radical (unpaired) electrons. The number of halogens is 3. The Balaban J connectivity index is 1.62. The Kier molecular flexibility index (Phi) is 13.6. The summed E-state index contributed by atoms with van der Waals surface area (Å²) in [5.41, 5.74) is 2.77. The van der Waals surface area contributed by atoms with Gasteiger partial charge >= 0.3 is 18.0 Å². The van der Waals surface area contributed by atoms with Crippen LogP contribution in [0.4, 0.5) is 16.2 Å². The maximum atomic E-state index is 12.9. The van der Waals surface area contributed by atoms with Crippen LogP contribution >= 0.6 is 34.8 Å². The van der Waals surface area contributed by atoms with E-state index in [1.165, 1.54) is 0 Å². The van der Waals surface area contributed by atoms with Gasteiger partial charge in [0, 0.05) is 37.0 Å². The minimum Gasteiger partial charge on any atom is -0.461 e. The lowest BCUT2D eigenvalue weighted by Gasteiger charge is -2.24. The van der Waals surface area contributed by atoms with Crippen LogP contribution in [0.5, 0.6) is 0 Å². The number of alkyl halides is 2. The predicted molar refractivity (Wildman–Crippen MR) is 163 cm³/mol. The highest BCUT2D eigenvalue weighted by molar-refractivity contribution is 6.33. The van der Waals surface area contributed by atoms with Gasteiger partial charge < -0.3 is 25.0 Å². The van der Waals surface area contributed by atoms with Crippen LogP contribution in [0.15, 0.2) is 78.9 Å². The van der Waals surface area contributed by atoms with Crippen molar-refractivity contribution in [2.75, 3.05) is 35.1 Å². The van der Waals surface area contributed by atoms with Gasteiger partial charge in [0.05, 0.1) is 10.7 Å². The average molecular weight is 621 g/mol. The molecule has 2 N–H and O–H groups in total. The lowest BCUT2D eigenvalue weighted by molar-refractivity contribution is -0.148. The van der Waals surface area contributed by atoms with Gasteiger partial charge in [0.15, 0.2) is 0 Å². The molecular weight excluding hydrogens is 589 g/mol. The number of esters is 2. The van der Waals surface area contributed by atoms with Gasteiger partial charge in [0.2, 0.25) is 0 Å². The lowest BCUT2D eigenvalue weighted by Crippen LogP contribution is -2.44. The summed E-state index contributed by atoms with van der Waals surface area (Å²) >= 11 is 18.3. The third-order valence-corrected chi connectivity index (χ3v) is 6.59. The number of anilines is 2. The van der Waals surface area contributed by atoms with Gasteiger partial charge in [-0.25, -0.2) is 9.59 Å². The molecule has 0 fully saturated rings. The van der Waals surface area contributed by atoms with E-state index in [2.05, 4.69) is 10.6 Å². The quantitative estimate of drug-likeness (QED) is 0.151. The number of amides is 2. The summed E-state index contributed by atoms with van der Waals surface area (Å²) in [5.74, 6) is -0.377. The summed E-state index contributed by atoms with van der Waals surface area (Å²) in [6, 6.07) is 21.7. The maximum absolute atomic E-state index is 12.9. The highest BCUT2D eigenvalue weighted by Crippen LogP contribution is 2.29. The zero-order chi connectivity index (χ0) is 29.5. The van der Waals surface area contributed by atoms with E-state index in [0.717, 1.165) is 16.8 Å². The van der Waals surface area contributed by atoms with Gasteiger partial charge in [-0.1, -0.05) is 72.3 Å². The van der Waals surface area contributed by atoms with E-state index in [-0.39, 0.29) is 26.1 Å². The Morgan fingerprint density at radius 1 is 0.805 bits per heavy atom. The van der Waals surface area contributed by atoms with Gasteiger partial charge in [-0.15, -0.1) is 23.2 Å². The summed E-state index contributed by atoms with van der Waals surface area (Å²) in [7, 11) is 0. The second kappa shape index (κ2) is 17.4. The smallest absolute Gasteiger partial charge is 0.329 e. The fourth-order valence-corrected chi connectivity index (χ4v) is 4.58. The Morgan fingerprint density at radius 2 is 1.39 bits per heavy atom. The molecule has 3 aromatic carbocycles. The van der Waals surface area contributed by atoms with Crippen LogP contribution < -0.4 is 15.5 Å². The summed E-state index contributed by atoms with van der Waals surface area (Å²) in [4.78, 5) is 40.1. The topological polar surface area (TPSA) is 97.0 Å². The number of benzene rings is 3. The molecule has 0 aliphatic heterocycles. The second-order valence-corrected chi connectivity index (χ2v) is 10.1. The summed E-state index contributed by atoms with van der Waals surface area (Å²) in [5, 5.41) is 5.69. The first-order valence-corrected chi connectivity index (χ1v) is 14.5. The van der Waals surface area contributed by atoms with Crippen molar-refractivity contribution < 1.29 is 23.9 Å². The van der Waals surface area contributed by atoms with E-state index in [0.29, 0.717) is 35.6 Å². The SMILES string of the molecule is O=C(Nc1ccc(N(CCCl)CCCl)c(Cl)c1)N[C@H](CCC(=O)OCc1ccccc1)C(=O)OCc1ccccc1. The molecule has 0 saturated heterocycles. The van der Waals surface area contributed by atoms with Gasteiger partial charge in [0.25, 0.3) is 0 Å². The molecule has 0 aliphatic carbocycles. The van der Waals surface area contributed by atoms with Gasteiger partial charge in [-0.3, -0.25) is 4.79 Å². The molecule has 41 heavy (non-hydrogen) atoms. The van der Waals surface area contributed by atoms with Gasteiger partial charge in [0.1, 0.15) is 19.3 Å². The molecule has 0 aromatic heterocycles. The Morgan fingerprint density at radius 3 is 1.95 bits per heavy atom. The number of carbonyl (C=O) groups excluding carboxylic acids is 3. The normalized spacial score (nSPS) is 11.3. The van der Waals surface area contributed by atoms with Crippen LogP contribution in [0.1, 0.15) is 24.0 Å². The van der Waals surface area contributed by atoms with E-state index < -0.39 is 24.0 Å². The third kappa shape index (κ3) is 11.1. The molecule has 218 valence electrons. The average Bonchev–Trinajstić information content (AvgIpc) is 2.98. The summed E-state index contributed by atoms with van der Waals surface area (Å²) in [6.45, 7) is 1.25. The molecule has 0 aliphatic rings. The number of ether oxygens (including phenoxy) is 2. The summed E-state index contributed by atoms with van der Waals surface area (Å²) < 4.78 is 10.7. The molecule has 0 unspecified atom stereocenters. The largest absolute Gasteiger partial charge is 0.461 e. The van der Waals surface area contributed by atoms with Crippen molar-refractivity contribution in [3.63, 3.8) is 0 Å². The Hall–Kier alpha value is -3.46. The van der Waals surface area contributed by atoms with Crippen molar-refractivity contribution in [3.05, 3.63) is 95.0 Å². The molecule has 0 spiro atoms. The van der Waals surface area contributed by atoms with E-state index in [1.807, 2.05) is 65.6 Å². The first kappa shape index (κ1) is 32.1. The standard InChI is InChI=1S/C30H32Cl3N3O5/c31-15-17-36(18-16-32)27-13-11-24(19-25(27)33)34-30(39)35-26(29(38)41-21-23-9-5-2-6-10-23)12-14-28(37)40-20-22-7-3-1-4-8-22/h1-11,13,19,26H,12,14-18,20-21H2,(H2,34,35,39)/t26-/m1/s1. The van der Waals surface area contributed by atoms with Crippen LogP contribution in [-0.4, -0.2) is 48.9 Å². The fraction of sp³-hybridized carbons (Fsp3) is 0.300. The van der Waals surface area contributed by atoms with Crippen LogP contribution in [0.2, 0.25) is 5.02 Å². The molecule has 11 heteroatoms. The molecule has 1 atom stereocenters. The summed E-state index contributed by atoms with van der Waals surface area (Å²) in [6.07, 6.45) is -0.115. The number of urea groups is 1. The molecule has 0 bridgehead atoms. The van der Waals surface area contributed by atoms with Crippen molar-refractivity contribution in [2.45, 2.75) is 32.1 Å². The number of rotatable bonds is 15. The van der Waals surface area contributed by atoms with Gasteiger partial charge in [-0.2, -0.15) is 0 Å². The molecule has 0 saturated carbocycles. The molecule has 8 nitrogen and oxygen atoms in total. The van der Waals surface area contributed by atoms with Crippen molar-refractivity contribution in [3.8, 4) is 0 Å². The van der Waals surface area contributed by atoms with E-state index in [9.17, 15) is 14.4 Å². The van der Waals surface area contributed by atoms with Crippen LogP contribution in [-0.2, 0) is 32.3 Å². The number of nitrogens with one attached hydrogen (secondary N) is 2. The van der Waals surface area contributed by atoms with Crippen LogP contribution in [0, 0.1) is 0 Å². The number of carbonyl (C=O) groups is 3. The van der Waals surface area contributed by atoms with Crippen molar-refractivity contribution in [2.24, 2.45) is 0 Å². The monoisotopic (exact) mass is 619 g/mol. The van der Waals surface area contributed by atoms with Crippen LogP contribution in [0.25, 0.3) is 0 Å². The van der Waals surface area contributed by atoms with Crippen LogP contribution in [0.3, 0.4) is 0 Å². The molecule has 2 amide bonds. The highest BCUT2D eigenvalue weighted by atomic mass is 35.5. The zero-order valence-corrected chi connectivity index (χ0v) is 24.6. The van der Waals surface area contributed by atoms with E-state index in [1.54, 1.807) is 18.2 Å². The highest BCUT2D eigenvalue weighted by Gasteiger charge is 2.24. The lowest BCUT2D eigenvalue weighted by atomic mass is 10.1. The van der Waals surface area contributed by atoms with Crippen molar-refractivity contribution in [1.29, 1.82) is 0 Å². The molecule has 0 heterocycles. The Bertz CT molecular complexity index is 1260. The fourth-order valence-electron chi connectivity index (χ4n) is 3.87. The van der Waals surface area contributed by atoms with Crippen molar-refractivity contribution in [1.82, 2.24) is 5.32 Å². The van der Waals surface area contributed by atoms with E-state index in [4.69, 9.17) is 44.3 Å². The molecule has 3 aromatic rings. The van der Waals surface area contributed by atoms with Crippen molar-refractivity contribution >= 4 is 64.1 Å². The minimum atomic E-state index is -1.10. The second-order valence-electron chi connectivity index (χ2n) is 8.96. The van der Waals surface area contributed by atoms with E-state index >= 15 is 0 Å². The Labute approximate surface area is 254 Å². The molecular formula is C30H32Cl3N3O5. The maximum Gasteiger partial charge on any atom is 0.329 e. The minimum absolute atomic E-state index is 0.0137. The van der Waals surface area contributed by atoms with Gasteiger partial charge in [-0.05, 0) is 35.7 Å². The number of hydrogen-bond donors (Lipinski definition) is 2. The first-order valence-electron chi connectivity index (χ1n) is 13.0. The predicted octanol–water partition coefficient (Wildman–Crippen LogP) is 6.38. The number of hydrogen-bond acceptors (Lipinski definition) is 6.